The lowest BCUT2D eigenvalue weighted by Crippen LogP contribution is -2.33. The fraction of sp³-hybridized carbons (Fsp3) is 0.222. The number of nitrogens with one attached hydrogen (secondary N) is 2. The maximum absolute atomic E-state index is 5.52. The molecule has 1 aromatic heterocycles. The highest BCUT2D eigenvalue weighted by molar-refractivity contribution is 14.0. The van der Waals surface area contributed by atoms with Crippen LogP contribution in [0.1, 0.15) is 5.76 Å². The van der Waals surface area contributed by atoms with Crippen LogP contribution in [0.4, 0.5) is 0 Å². The van der Waals surface area contributed by atoms with Crippen molar-refractivity contribution in [3.05, 3.63) is 48.2 Å². The van der Waals surface area contributed by atoms with E-state index in [1.54, 1.807) is 14.2 Å². The third-order valence-corrected chi connectivity index (χ3v) is 3.82. The summed E-state index contributed by atoms with van der Waals surface area (Å²) in [5.74, 6) is 2.18. The highest BCUT2D eigenvalue weighted by atomic mass is 127. The largest absolute Gasteiger partial charge is 0.496 e. The van der Waals surface area contributed by atoms with Gasteiger partial charge in [-0.05, 0) is 16.8 Å². The first-order valence-electron chi connectivity index (χ1n) is 7.67. The number of hydrogen-bond acceptors (Lipinski definition) is 4. The second kappa shape index (κ2) is 8.70. The third-order valence-electron chi connectivity index (χ3n) is 3.82. The van der Waals surface area contributed by atoms with Crippen molar-refractivity contribution in [3.8, 4) is 17.0 Å². The summed E-state index contributed by atoms with van der Waals surface area (Å²) >= 11 is 0. The van der Waals surface area contributed by atoms with Crippen LogP contribution in [0.3, 0.4) is 0 Å². The fourth-order valence-corrected chi connectivity index (χ4v) is 2.65. The molecule has 0 aliphatic heterocycles. The Bertz CT molecular complexity index is 876. The van der Waals surface area contributed by atoms with E-state index in [-0.39, 0.29) is 24.0 Å². The molecule has 7 heteroatoms. The van der Waals surface area contributed by atoms with Crippen molar-refractivity contribution in [3.63, 3.8) is 0 Å². The Morgan fingerprint density at radius 2 is 2.04 bits per heavy atom. The van der Waals surface area contributed by atoms with Gasteiger partial charge in [0.1, 0.15) is 11.4 Å². The second-order valence-corrected chi connectivity index (χ2v) is 5.22. The molecule has 0 saturated heterocycles. The van der Waals surface area contributed by atoms with Gasteiger partial charge in [0.2, 0.25) is 0 Å². The lowest BCUT2D eigenvalue weighted by atomic mass is 10.0. The van der Waals surface area contributed by atoms with Gasteiger partial charge in [-0.3, -0.25) is 4.99 Å². The van der Waals surface area contributed by atoms with Crippen LogP contribution in [-0.4, -0.2) is 32.3 Å². The minimum absolute atomic E-state index is 0. The van der Waals surface area contributed by atoms with Gasteiger partial charge in [0.05, 0.1) is 19.2 Å². The lowest BCUT2D eigenvalue weighted by Gasteiger charge is -2.09. The van der Waals surface area contributed by atoms with Gasteiger partial charge >= 0.3 is 0 Å². The summed E-state index contributed by atoms with van der Waals surface area (Å²) < 4.78 is 11.0. The average molecular weight is 452 g/mol. The first kappa shape index (κ1) is 19.0. The molecule has 25 heavy (non-hydrogen) atoms. The number of methoxy groups -OCH3 is 1. The molecule has 1 heterocycles. The Hall–Kier alpha value is -2.29. The van der Waals surface area contributed by atoms with E-state index in [2.05, 4.69) is 32.9 Å². The number of guanidine groups is 1. The van der Waals surface area contributed by atoms with E-state index in [1.165, 1.54) is 0 Å². The summed E-state index contributed by atoms with van der Waals surface area (Å²) in [6, 6.07) is 14.1. The zero-order valence-corrected chi connectivity index (χ0v) is 16.7. The first-order chi connectivity index (χ1) is 11.8. The number of nitrogens with zero attached hydrogens (tertiary/aromatic N) is 2. The van der Waals surface area contributed by atoms with Gasteiger partial charge in [-0.15, -0.1) is 24.0 Å². The lowest BCUT2D eigenvalue weighted by molar-refractivity contribution is 0.381. The van der Waals surface area contributed by atoms with Crippen molar-refractivity contribution in [2.45, 2.75) is 6.54 Å². The van der Waals surface area contributed by atoms with Gasteiger partial charge in [-0.25, -0.2) is 0 Å². The summed E-state index contributed by atoms with van der Waals surface area (Å²) in [7, 11) is 5.18. The van der Waals surface area contributed by atoms with Crippen molar-refractivity contribution in [2.24, 2.45) is 4.99 Å². The molecular formula is C18H21IN4O2. The number of fused-ring (bicyclic) bond motifs is 1. The summed E-state index contributed by atoms with van der Waals surface area (Å²) in [6.07, 6.45) is 0. The Balaban J connectivity index is 0.00000225. The van der Waals surface area contributed by atoms with Gasteiger partial charge in [0, 0.05) is 20.2 Å². The number of halogens is 1. The predicted octanol–water partition coefficient (Wildman–Crippen LogP) is 3.42. The van der Waals surface area contributed by atoms with Crippen LogP contribution in [-0.2, 0) is 6.54 Å². The molecule has 0 aliphatic rings. The van der Waals surface area contributed by atoms with Crippen LogP contribution in [0.2, 0.25) is 0 Å². The molecule has 2 N–H and O–H groups in total. The highest BCUT2D eigenvalue weighted by Gasteiger charge is 2.15. The van der Waals surface area contributed by atoms with Gasteiger partial charge in [-0.2, -0.15) is 0 Å². The van der Waals surface area contributed by atoms with Crippen LogP contribution in [0, 0.1) is 0 Å². The molecule has 0 saturated carbocycles. The van der Waals surface area contributed by atoms with Gasteiger partial charge in [-0.1, -0.05) is 35.5 Å². The third kappa shape index (κ3) is 4.04. The van der Waals surface area contributed by atoms with Crippen LogP contribution in [0.25, 0.3) is 22.0 Å². The number of aromatic nitrogens is 1. The Morgan fingerprint density at radius 1 is 1.24 bits per heavy atom. The molecule has 0 amide bonds. The van der Waals surface area contributed by atoms with Crippen molar-refractivity contribution in [1.29, 1.82) is 0 Å². The molecule has 0 fully saturated rings. The van der Waals surface area contributed by atoms with Crippen molar-refractivity contribution in [1.82, 2.24) is 15.8 Å². The predicted molar refractivity (Wildman–Crippen MR) is 111 cm³/mol. The first-order valence-corrected chi connectivity index (χ1v) is 7.67. The van der Waals surface area contributed by atoms with E-state index >= 15 is 0 Å². The van der Waals surface area contributed by atoms with Crippen LogP contribution >= 0.6 is 24.0 Å². The smallest absolute Gasteiger partial charge is 0.191 e. The average Bonchev–Trinajstić information content (AvgIpc) is 3.10. The Morgan fingerprint density at radius 3 is 2.76 bits per heavy atom. The van der Waals surface area contributed by atoms with Crippen LogP contribution in [0.5, 0.6) is 5.75 Å². The van der Waals surface area contributed by atoms with Gasteiger partial charge in [0.25, 0.3) is 0 Å². The monoisotopic (exact) mass is 452 g/mol. The molecule has 0 atom stereocenters. The number of ether oxygens (including phenoxy) is 1. The van der Waals surface area contributed by atoms with E-state index in [1.807, 2.05) is 37.4 Å². The number of hydrogen-bond donors (Lipinski definition) is 2. The van der Waals surface area contributed by atoms with Crippen molar-refractivity contribution >= 4 is 40.7 Å². The zero-order chi connectivity index (χ0) is 16.9. The Labute approximate surface area is 163 Å². The number of benzene rings is 2. The Kier molecular flexibility index (Phi) is 6.63. The molecule has 0 spiro atoms. The molecule has 6 nitrogen and oxygen atoms in total. The second-order valence-electron chi connectivity index (χ2n) is 5.22. The van der Waals surface area contributed by atoms with Crippen LogP contribution in [0.15, 0.2) is 52.0 Å². The maximum atomic E-state index is 5.52. The van der Waals surface area contributed by atoms with Gasteiger partial charge in [0.15, 0.2) is 11.7 Å². The van der Waals surface area contributed by atoms with Crippen LogP contribution < -0.4 is 15.4 Å². The molecule has 3 rings (SSSR count). The molecule has 132 valence electrons. The van der Waals surface area contributed by atoms with E-state index in [0.29, 0.717) is 12.5 Å². The molecular weight excluding hydrogens is 431 g/mol. The van der Waals surface area contributed by atoms with E-state index < -0.39 is 0 Å². The summed E-state index contributed by atoms with van der Waals surface area (Å²) in [6.45, 7) is 0.494. The van der Waals surface area contributed by atoms with Crippen molar-refractivity contribution in [2.75, 3.05) is 21.2 Å². The topological polar surface area (TPSA) is 71.7 Å². The molecule has 3 aromatic rings. The minimum Gasteiger partial charge on any atom is -0.496 e. The minimum atomic E-state index is 0. The fourth-order valence-electron chi connectivity index (χ4n) is 2.65. The molecule has 0 radical (unpaired) electrons. The zero-order valence-electron chi connectivity index (χ0n) is 14.4. The van der Waals surface area contributed by atoms with Gasteiger partial charge < -0.3 is 19.9 Å². The molecule has 2 aromatic carbocycles. The summed E-state index contributed by atoms with van der Waals surface area (Å²) in [5.41, 5.74) is 1.68. The SMILES string of the molecule is CN=C(NC)NCc1cc(-c2c(OC)ccc3ccccc23)no1.I. The quantitative estimate of drug-likeness (QED) is 0.361. The van der Waals surface area contributed by atoms with E-state index in [0.717, 1.165) is 33.5 Å². The molecule has 0 unspecified atom stereocenters. The highest BCUT2D eigenvalue weighted by Crippen LogP contribution is 2.36. The van der Waals surface area contributed by atoms with E-state index in [4.69, 9.17) is 9.26 Å². The maximum Gasteiger partial charge on any atom is 0.191 e. The van der Waals surface area contributed by atoms with E-state index in [9.17, 15) is 0 Å². The number of rotatable bonds is 4. The normalized spacial score (nSPS) is 11.1. The number of aliphatic imine (C=N–C) groups is 1. The molecule has 0 bridgehead atoms. The summed E-state index contributed by atoms with van der Waals surface area (Å²) in [5, 5.41) is 12.5. The summed E-state index contributed by atoms with van der Waals surface area (Å²) in [4.78, 5) is 4.07. The standard InChI is InChI=1S/C18H20N4O2.HI/c1-19-18(20-2)21-11-13-10-15(22-24-13)17-14-7-5-4-6-12(14)8-9-16(17)23-3;/h4-10H,11H2,1-3H3,(H2,19,20,21);1H. The van der Waals surface area contributed by atoms with Crippen molar-refractivity contribution < 1.29 is 9.26 Å². The molecule has 0 aliphatic carbocycles.